The van der Waals surface area contributed by atoms with Crippen molar-refractivity contribution in [3.63, 3.8) is 0 Å². The van der Waals surface area contributed by atoms with Crippen LogP contribution in [0.5, 0.6) is 5.75 Å². The smallest absolute Gasteiger partial charge is 0.430 e. The van der Waals surface area contributed by atoms with Gasteiger partial charge in [-0.3, -0.25) is 4.79 Å². The number of hydrogen-bond donors (Lipinski definition) is 1. The Balaban J connectivity index is 1.59. The highest BCUT2D eigenvalue weighted by molar-refractivity contribution is 5.88. The van der Waals surface area contributed by atoms with Gasteiger partial charge in [0.25, 0.3) is 11.5 Å². The summed E-state index contributed by atoms with van der Waals surface area (Å²) in [5, 5.41) is 3.29. The molecular weight excluding hydrogens is 514 g/mol. The van der Waals surface area contributed by atoms with Crippen LogP contribution in [0.3, 0.4) is 0 Å². The Morgan fingerprint density at radius 3 is 2.21 bits per heavy atom. The second-order valence-electron chi connectivity index (χ2n) is 9.85. The monoisotopic (exact) mass is 544 g/mol. The van der Waals surface area contributed by atoms with E-state index in [0.717, 1.165) is 7.11 Å². The Kier molecular flexibility index (Phi) is 7.99. The Morgan fingerprint density at radius 1 is 0.974 bits per heavy atom. The number of piperidine rings is 2. The number of alkyl halides is 6. The lowest BCUT2D eigenvalue weighted by Gasteiger charge is -2.51. The first kappa shape index (κ1) is 28.2. The molecule has 0 aromatic heterocycles. The first-order valence-corrected chi connectivity index (χ1v) is 12.4. The summed E-state index contributed by atoms with van der Waals surface area (Å²) in [6, 6.07) is 13.4. The summed E-state index contributed by atoms with van der Waals surface area (Å²) in [5.41, 5.74) is -3.23. The molecule has 11 heteroatoms. The second kappa shape index (κ2) is 10.8. The second-order valence-corrected chi connectivity index (χ2v) is 9.85. The third-order valence-electron chi connectivity index (χ3n) is 7.81. The van der Waals surface area contributed by atoms with Crippen molar-refractivity contribution in [2.75, 3.05) is 39.9 Å². The summed E-state index contributed by atoms with van der Waals surface area (Å²) in [7, 11) is 0.880. The van der Waals surface area contributed by atoms with Gasteiger partial charge in [-0.2, -0.15) is 26.3 Å². The number of likely N-dealkylation sites (tertiary alicyclic amines) is 1. The maximum absolute atomic E-state index is 14.4. The fourth-order valence-electron chi connectivity index (χ4n) is 5.85. The molecule has 208 valence electrons. The number of amides is 1. The van der Waals surface area contributed by atoms with E-state index >= 15 is 0 Å². The minimum absolute atomic E-state index is 0.0644. The summed E-state index contributed by atoms with van der Waals surface area (Å²) < 4.78 is 91.9. The lowest BCUT2D eigenvalue weighted by molar-refractivity contribution is -0.271. The zero-order valence-electron chi connectivity index (χ0n) is 20.9. The van der Waals surface area contributed by atoms with Crippen LogP contribution in [0.25, 0.3) is 0 Å². The maximum Gasteiger partial charge on any atom is 0.430 e. The molecule has 0 saturated carbocycles. The first-order chi connectivity index (χ1) is 17.9. The summed E-state index contributed by atoms with van der Waals surface area (Å²) in [5.74, 6) is -1.27. The third-order valence-corrected chi connectivity index (χ3v) is 7.81. The van der Waals surface area contributed by atoms with Crippen LogP contribution in [0.2, 0.25) is 0 Å². The molecule has 2 aliphatic rings. The molecule has 2 fully saturated rings. The van der Waals surface area contributed by atoms with E-state index in [0.29, 0.717) is 37.9 Å². The molecule has 38 heavy (non-hydrogen) atoms. The molecule has 2 aliphatic heterocycles. The quantitative estimate of drug-likeness (QED) is 0.494. The molecule has 2 heterocycles. The molecule has 4 rings (SSSR count). The van der Waals surface area contributed by atoms with Gasteiger partial charge in [-0.1, -0.05) is 48.5 Å². The van der Waals surface area contributed by atoms with Gasteiger partial charge in [-0.05, 0) is 42.9 Å². The van der Waals surface area contributed by atoms with Gasteiger partial charge in [0.1, 0.15) is 5.75 Å². The molecule has 0 radical (unpaired) electrons. The average molecular weight is 545 g/mol. The molecule has 5 nitrogen and oxygen atoms in total. The van der Waals surface area contributed by atoms with Gasteiger partial charge in [-0.25, -0.2) is 0 Å². The molecule has 0 bridgehead atoms. The summed E-state index contributed by atoms with van der Waals surface area (Å²) in [6.07, 6.45) is -8.04. The highest BCUT2D eigenvalue weighted by Gasteiger charge is 2.64. The predicted molar refractivity (Wildman–Crippen MR) is 128 cm³/mol. The van der Waals surface area contributed by atoms with Gasteiger partial charge in [0, 0.05) is 38.2 Å². The largest absolute Gasteiger partial charge is 0.484 e. The molecular formula is C27H30F6N2O3. The van der Waals surface area contributed by atoms with Gasteiger partial charge in [0.2, 0.25) is 0 Å². The lowest BCUT2D eigenvalue weighted by Crippen LogP contribution is -2.59. The number of benzene rings is 2. The molecule has 1 spiro atoms. The number of carbonyl (C=O) groups is 1. The summed E-state index contributed by atoms with van der Waals surface area (Å²) in [4.78, 5) is 14.7. The van der Waals surface area contributed by atoms with Crippen molar-refractivity contribution in [3.8, 4) is 5.75 Å². The van der Waals surface area contributed by atoms with Gasteiger partial charge >= 0.3 is 12.4 Å². The zero-order valence-corrected chi connectivity index (χ0v) is 20.9. The SMILES string of the molecule is CO[C@@](C(=O)N1CCC2(CCNCC2c2ccccc2OCC(F)(F)F)CC1)(c1ccccc1)C(F)(F)F. The van der Waals surface area contributed by atoms with Crippen LogP contribution >= 0.6 is 0 Å². The number of nitrogens with one attached hydrogen (secondary N) is 1. The average Bonchev–Trinajstić information content (AvgIpc) is 2.88. The summed E-state index contributed by atoms with van der Waals surface area (Å²) in [6.45, 7) is -0.154. The number of para-hydroxylation sites is 1. The topological polar surface area (TPSA) is 50.8 Å². The van der Waals surface area contributed by atoms with Crippen LogP contribution in [-0.2, 0) is 15.1 Å². The van der Waals surface area contributed by atoms with Crippen LogP contribution in [0.4, 0.5) is 26.3 Å². The van der Waals surface area contributed by atoms with Crippen molar-refractivity contribution in [2.45, 2.75) is 43.1 Å². The number of carbonyl (C=O) groups excluding carboxylic acids is 1. The molecule has 1 amide bonds. The van der Waals surface area contributed by atoms with Crippen molar-refractivity contribution < 1.29 is 40.6 Å². The van der Waals surface area contributed by atoms with Crippen molar-refractivity contribution >= 4 is 5.91 Å². The highest BCUT2D eigenvalue weighted by atomic mass is 19.4. The number of methoxy groups -OCH3 is 1. The Morgan fingerprint density at radius 2 is 1.61 bits per heavy atom. The van der Waals surface area contributed by atoms with Crippen LogP contribution in [-0.4, -0.2) is 63.1 Å². The van der Waals surface area contributed by atoms with E-state index in [9.17, 15) is 31.1 Å². The van der Waals surface area contributed by atoms with E-state index < -0.39 is 35.9 Å². The van der Waals surface area contributed by atoms with E-state index in [1.807, 2.05) is 0 Å². The Labute approximate surface area is 217 Å². The van der Waals surface area contributed by atoms with E-state index in [1.165, 1.54) is 35.2 Å². The molecule has 2 saturated heterocycles. The molecule has 1 unspecified atom stereocenters. The van der Waals surface area contributed by atoms with Crippen LogP contribution in [0.1, 0.15) is 36.3 Å². The minimum atomic E-state index is -5.00. The number of rotatable bonds is 6. The van der Waals surface area contributed by atoms with E-state index in [1.54, 1.807) is 24.3 Å². The molecule has 2 aromatic rings. The molecule has 1 N–H and O–H groups in total. The molecule has 0 aliphatic carbocycles. The normalized spacial score (nSPS) is 21.7. The summed E-state index contributed by atoms with van der Waals surface area (Å²) >= 11 is 0. The van der Waals surface area contributed by atoms with Crippen LogP contribution in [0, 0.1) is 5.41 Å². The van der Waals surface area contributed by atoms with Gasteiger partial charge in [0.15, 0.2) is 6.61 Å². The van der Waals surface area contributed by atoms with E-state index in [-0.39, 0.29) is 30.3 Å². The van der Waals surface area contributed by atoms with E-state index in [4.69, 9.17) is 9.47 Å². The molecule has 2 atom stereocenters. The van der Waals surface area contributed by atoms with Crippen molar-refractivity contribution in [1.82, 2.24) is 10.2 Å². The van der Waals surface area contributed by atoms with Crippen molar-refractivity contribution in [1.29, 1.82) is 0 Å². The van der Waals surface area contributed by atoms with Gasteiger partial charge in [-0.15, -0.1) is 0 Å². The fourth-order valence-corrected chi connectivity index (χ4v) is 5.85. The van der Waals surface area contributed by atoms with Crippen molar-refractivity contribution in [2.24, 2.45) is 5.41 Å². The fraction of sp³-hybridized carbons (Fsp3) is 0.519. The van der Waals surface area contributed by atoms with Gasteiger partial charge < -0.3 is 19.7 Å². The Bertz CT molecular complexity index is 1100. The lowest BCUT2D eigenvalue weighted by atomic mass is 9.62. The zero-order chi connectivity index (χ0) is 27.6. The first-order valence-electron chi connectivity index (χ1n) is 12.4. The number of ether oxygens (including phenoxy) is 2. The standard InChI is InChI=1S/C27H30F6N2O3/c1-37-26(27(31,32)33,19-7-3-2-4-8-19)23(36)35-15-12-24(13-16-35)11-14-34-17-21(24)20-9-5-6-10-22(20)38-18-25(28,29)30/h2-10,21,34H,11-18H2,1H3/t21?,26-/m1/s1. The van der Waals surface area contributed by atoms with Crippen molar-refractivity contribution in [3.05, 3.63) is 65.7 Å². The van der Waals surface area contributed by atoms with Crippen LogP contribution in [0.15, 0.2) is 54.6 Å². The number of halogens is 6. The molecule has 2 aromatic carbocycles. The number of nitrogens with zero attached hydrogens (tertiary/aromatic N) is 1. The number of hydrogen-bond acceptors (Lipinski definition) is 4. The minimum Gasteiger partial charge on any atom is -0.484 e. The predicted octanol–water partition coefficient (Wildman–Crippen LogP) is 5.42. The third kappa shape index (κ3) is 5.36. The van der Waals surface area contributed by atoms with Crippen LogP contribution < -0.4 is 10.1 Å². The maximum atomic E-state index is 14.4. The highest BCUT2D eigenvalue weighted by Crippen LogP contribution is 2.51. The van der Waals surface area contributed by atoms with Gasteiger partial charge in [0.05, 0.1) is 0 Å². The van der Waals surface area contributed by atoms with E-state index in [2.05, 4.69) is 5.32 Å². The Hall–Kier alpha value is -2.79.